The summed E-state index contributed by atoms with van der Waals surface area (Å²) in [6, 6.07) is 10.6. The monoisotopic (exact) mass is 341 g/mol. The Kier molecular flexibility index (Phi) is 5.09. The molecule has 0 radical (unpaired) electrons. The second-order valence-corrected chi connectivity index (χ2v) is 5.88. The maximum atomic E-state index is 12.0. The maximum Gasteiger partial charge on any atom is 0.325 e. The van der Waals surface area contributed by atoms with Crippen molar-refractivity contribution in [3.63, 3.8) is 0 Å². The van der Waals surface area contributed by atoms with Crippen LogP contribution in [0.2, 0.25) is 0 Å². The summed E-state index contributed by atoms with van der Waals surface area (Å²) in [4.78, 5) is 16.0. The second-order valence-electron chi connectivity index (χ2n) is 4.90. The standard InChI is InChI=1S/C16H15N5O2S/c22-10-7-11-1-3-13(4-2-11)18-15(23)19-16-21-20-14(24-16)12-5-8-17-9-6-12/h1-6,8-9,22H,7,10H2,(H2,18,19,21,23). The van der Waals surface area contributed by atoms with Crippen LogP contribution in [0.15, 0.2) is 48.8 Å². The normalized spacial score (nSPS) is 10.4. The Labute approximate surface area is 142 Å². The molecule has 0 unspecified atom stereocenters. The van der Waals surface area contributed by atoms with Crippen LogP contribution in [0.25, 0.3) is 10.6 Å². The Balaban J connectivity index is 1.60. The largest absolute Gasteiger partial charge is 0.396 e. The number of benzene rings is 1. The average Bonchev–Trinajstić information content (AvgIpc) is 3.06. The third-order valence-electron chi connectivity index (χ3n) is 3.19. The number of pyridine rings is 1. The van der Waals surface area contributed by atoms with Crippen LogP contribution >= 0.6 is 11.3 Å². The topological polar surface area (TPSA) is 100 Å². The van der Waals surface area contributed by atoms with Crippen molar-refractivity contribution in [2.45, 2.75) is 6.42 Å². The quantitative estimate of drug-likeness (QED) is 0.662. The van der Waals surface area contributed by atoms with Crippen molar-refractivity contribution in [2.75, 3.05) is 17.2 Å². The van der Waals surface area contributed by atoms with E-state index in [1.807, 2.05) is 24.3 Å². The zero-order valence-corrected chi connectivity index (χ0v) is 13.5. The van der Waals surface area contributed by atoms with E-state index in [4.69, 9.17) is 5.11 Å². The van der Waals surface area contributed by atoms with Crippen LogP contribution in [0, 0.1) is 0 Å². The van der Waals surface area contributed by atoms with Crippen molar-refractivity contribution in [3.05, 3.63) is 54.4 Å². The van der Waals surface area contributed by atoms with Crippen molar-refractivity contribution in [3.8, 4) is 10.6 Å². The lowest BCUT2D eigenvalue weighted by atomic mass is 10.1. The highest BCUT2D eigenvalue weighted by Gasteiger charge is 2.09. The van der Waals surface area contributed by atoms with Gasteiger partial charge in [-0.15, -0.1) is 10.2 Å². The van der Waals surface area contributed by atoms with Gasteiger partial charge in [0.25, 0.3) is 0 Å². The lowest BCUT2D eigenvalue weighted by Crippen LogP contribution is -2.19. The zero-order chi connectivity index (χ0) is 16.8. The molecule has 1 aromatic carbocycles. The van der Waals surface area contributed by atoms with Gasteiger partial charge < -0.3 is 10.4 Å². The molecule has 24 heavy (non-hydrogen) atoms. The lowest BCUT2D eigenvalue weighted by molar-refractivity contribution is 0.262. The molecule has 0 spiro atoms. The van der Waals surface area contributed by atoms with E-state index in [-0.39, 0.29) is 12.6 Å². The molecule has 0 bridgehead atoms. The van der Waals surface area contributed by atoms with Crippen LogP contribution in [0.3, 0.4) is 0 Å². The van der Waals surface area contributed by atoms with Crippen molar-refractivity contribution < 1.29 is 9.90 Å². The van der Waals surface area contributed by atoms with Gasteiger partial charge >= 0.3 is 6.03 Å². The first kappa shape index (κ1) is 16.0. The first-order valence-electron chi connectivity index (χ1n) is 7.26. The van der Waals surface area contributed by atoms with Gasteiger partial charge in [0.1, 0.15) is 5.01 Å². The summed E-state index contributed by atoms with van der Waals surface area (Å²) >= 11 is 1.28. The summed E-state index contributed by atoms with van der Waals surface area (Å²) in [7, 11) is 0. The highest BCUT2D eigenvalue weighted by atomic mass is 32.1. The molecule has 3 rings (SSSR count). The number of aliphatic hydroxyl groups is 1. The SMILES string of the molecule is O=C(Nc1ccc(CCO)cc1)Nc1nnc(-c2ccncc2)s1. The minimum atomic E-state index is -0.387. The van der Waals surface area contributed by atoms with Crippen LogP contribution in [0.4, 0.5) is 15.6 Å². The smallest absolute Gasteiger partial charge is 0.325 e. The lowest BCUT2D eigenvalue weighted by Gasteiger charge is -2.06. The van der Waals surface area contributed by atoms with E-state index < -0.39 is 0 Å². The van der Waals surface area contributed by atoms with Gasteiger partial charge in [0, 0.05) is 30.3 Å². The van der Waals surface area contributed by atoms with E-state index in [1.54, 1.807) is 24.5 Å². The average molecular weight is 341 g/mol. The van der Waals surface area contributed by atoms with E-state index in [9.17, 15) is 4.79 Å². The number of aromatic nitrogens is 3. The number of urea groups is 1. The molecule has 3 aromatic rings. The van der Waals surface area contributed by atoms with Gasteiger partial charge in [-0.1, -0.05) is 23.5 Å². The highest BCUT2D eigenvalue weighted by Crippen LogP contribution is 2.25. The molecule has 122 valence electrons. The van der Waals surface area contributed by atoms with Crippen LogP contribution in [0.5, 0.6) is 0 Å². The van der Waals surface area contributed by atoms with E-state index in [2.05, 4.69) is 25.8 Å². The number of hydrogen-bond donors (Lipinski definition) is 3. The summed E-state index contributed by atoms with van der Waals surface area (Å²) in [6.07, 6.45) is 3.95. The first-order chi connectivity index (χ1) is 11.7. The predicted molar refractivity (Wildman–Crippen MR) is 93.0 cm³/mol. The number of amides is 2. The Morgan fingerprint density at radius 2 is 1.79 bits per heavy atom. The molecular weight excluding hydrogens is 326 g/mol. The van der Waals surface area contributed by atoms with Gasteiger partial charge in [0.2, 0.25) is 5.13 Å². The van der Waals surface area contributed by atoms with Crippen molar-refractivity contribution >= 4 is 28.2 Å². The molecule has 0 saturated carbocycles. The molecule has 2 heterocycles. The number of carbonyl (C=O) groups is 1. The van der Waals surface area contributed by atoms with E-state index >= 15 is 0 Å². The molecule has 8 heteroatoms. The summed E-state index contributed by atoms with van der Waals surface area (Å²) < 4.78 is 0. The maximum absolute atomic E-state index is 12.0. The van der Waals surface area contributed by atoms with E-state index in [0.29, 0.717) is 22.2 Å². The number of rotatable bonds is 5. The van der Waals surface area contributed by atoms with Gasteiger partial charge in [0.05, 0.1) is 0 Å². The summed E-state index contributed by atoms with van der Waals surface area (Å²) in [5, 5.41) is 23.4. The van der Waals surface area contributed by atoms with Gasteiger partial charge in [-0.05, 0) is 36.2 Å². The van der Waals surface area contributed by atoms with E-state index in [1.165, 1.54) is 11.3 Å². The Hall–Kier alpha value is -2.84. The number of anilines is 2. The zero-order valence-electron chi connectivity index (χ0n) is 12.6. The minimum Gasteiger partial charge on any atom is -0.396 e. The fourth-order valence-corrected chi connectivity index (χ4v) is 2.77. The molecule has 0 fully saturated rings. The third-order valence-corrected chi connectivity index (χ3v) is 4.07. The molecular formula is C16H15N5O2S. The predicted octanol–water partition coefficient (Wildman–Crippen LogP) is 2.78. The minimum absolute atomic E-state index is 0.101. The van der Waals surface area contributed by atoms with E-state index in [0.717, 1.165) is 11.1 Å². The molecule has 0 aliphatic carbocycles. The van der Waals surface area contributed by atoms with Gasteiger partial charge in [0.15, 0.2) is 0 Å². The van der Waals surface area contributed by atoms with Gasteiger partial charge in [-0.3, -0.25) is 10.3 Å². The van der Waals surface area contributed by atoms with Crippen LogP contribution in [0.1, 0.15) is 5.56 Å². The molecule has 2 amide bonds. The fourth-order valence-electron chi connectivity index (χ4n) is 2.03. The molecule has 0 aliphatic rings. The first-order valence-corrected chi connectivity index (χ1v) is 8.08. The Morgan fingerprint density at radius 3 is 2.50 bits per heavy atom. The van der Waals surface area contributed by atoms with Crippen LogP contribution in [-0.2, 0) is 6.42 Å². The van der Waals surface area contributed by atoms with Crippen molar-refractivity contribution in [1.29, 1.82) is 0 Å². The number of nitrogens with zero attached hydrogens (tertiary/aromatic N) is 3. The molecule has 2 aromatic heterocycles. The van der Waals surface area contributed by atoms with Gasteiger partial charge in [-0.2, -0.15) is 0 Å². The molecule has 0 saturated heterocycles. The number of aliphatic hydroxyl groups excluding tert-OH is 1. The highest BCUT2D eigenvalue weighted by molar-refractivity contribution is 7.18. The summed E-state index contributed by atoms with van der Waals surface area (Å²) in [5.41, 5.74) is 2.57. The van der Waals surface area contributed by atoms with Gasteiger partial charge in [-0.25, -0.2) is 4.79 Å². The molecule has 7 nitrogen and oxygen atoms in total. The number of hydrogen-bond acceptors (Lipinski definition) is 6. The summed E-state index contributed by atoms with van der Waals surface area (Å²) in [5.74, 6) is 0. The second kappa shape index (κ2) is 7.62. The van der Waals surface area contributed by atoms with Crippen molar-refractivity contribution in [2.24, 2.45) is 0 Å². The van der Waals surface area contributed by atoms with Crippen LogP contribution in [-0.4, -0.2) is 32.9 Å². The number of carbonyl (C=O) groups excluding carboxylic acids is 1. The van der Waals surface area contributed by atoms with Crippen molar-refractivity contribution in [1.82, 2.24) is 15.2 Å². The Bertz CT molecular complexity index is 805. The number of nitrogens with one attached hydrogen (secondary N) is 2. The molecule has 0 aliphatic heterocycles. The fraction of sp³-hybridized carbons (Fsp3) is 0.125. The molecule has 0 atom stereocenters. The third kappa shape index (κ3) is 4.12. The van der Waals surface area contributed by atoms with Crippen LogP contribution < -0.4 is 10.6 Å². The Morgan fingerprint density at radius 1 is 1.04 bits per heavy atom. The molecule has 3 N–H and O–H groups in total. The summed E-state index contributed by atoms with van der Waals surface area (Å²) in [6.45, 7) is 0.101.